The molecule has 1 amide bonds. The summed E-state index contributed by atoms with van der Waals surface area (Å²) in [5.74, 6) is 1.43. The van der Waals surface area contributed by atoms with Gasteiger partial charge >= 0.3 is 5.69 Å². The molecular formula is C26H26N4O7. The van der Waals surface area contributed by atoms with Gasteiger partial charge < -0.3 is 23.9 Å². The highest BCUT2D eigenvalue weighted by Gasteiger charge is 2.16. The van der Waals surface area contributed by atoms with E-state index in [0.29, 0.717) is 42.7 Å². The first-order valence-electron chi connectivity index (χ1n) is 11.6. The Morgan fingerprint density at radius 2 is 1.81 bits per heavy atom. The van der Waals surface area contributed by atoms with E-state index in [1.807, 2.05) is 32.0 Å². The molecule has 0 saturated carbocycles. The minimum Gasteiger partial charge on any atom is -0.490 e. The van der Waals surface area contributed by atoms with Gasteiger partial charge in [-0.05, 0) is 49.7 Å². The molecule has 37 heavy (non-hydrogen) atoms. The van der Waals surface area contributed by atoms with Crippen LogP contribution in [0.4, 0.5) is 11.4 Å². The van der Waals surface area contributed by atoms with E-state index < -0.39 is 10.8 Å². The summed E-state index contributed by atoms with van der Waals surface area (Å²) in [4.78, 5) is 23.2. The fourth-order valence-corrected chi connectivity index (χ4v) is 3.54. The fourth-order valence-electron chi connectivity index (χ4n) is 3.54. The molecule has 2 aromatic heterocycles. The molecule has 2 aromatic carbocycles. The predicted molar refractivity (Wildman–Crippen MR) is 134 cm³/mol. The molecule has 0 atom stereocenters. The van der Waals surface area contributed by atoms with E-state index in [2.05, 4.69) is 10.4 Å². The van der Waals surface area contributed by atoms with Gasteiger partial charge in [-0.2, -0.15) is 5.10 Å². The van der Waals surface area contributed by atoms with Crippen LogP contribution in [-0.2, 0) is 13.2 Å². The monoisotopic (exact) mass is 506 g/mol. The van der Waals surface area contributed by atoms with E-state index >= 15 is 0 Å². The number of amides is 1. The van der Waals surface area contributed by atoms with Crippen molar-refractivity contribution in [2.75, 3.05) is 18.5 Å². The number of furan rings is 1. The summed E-state index contributed by atoms with van der Waals surface area (Å²) in [7, 11) is 0. The van der Waals surface area contributed by atoms with E-state index in [-0.39, 0.29) is 23.8 Å². The van der Waals surface area contributed by atoms with Crippen molar-refractivity contribution in [3.8, 4) is 17.2 Å². The number of nitro benzene ring substituents is 1. The second-order valence-corrected chi connectivity index (χ2v) is 7.81. The summed E-state index contributed by atoms with van der Waals surface area (Å²) in [5, 5.41) is 18.2. The Bertz CT molecular complexity index is 1380. The van der Waals surface area contributed by atoms with Crippen LogP contribution >= 0.6 is 0 Å². The van der Waals surface area contributed by atoms with Crippen molar-refractivity contribution >= 4 is 17.3 Å². The maximum atomic E-state index is 12.6. The van der Waals surface area contributed by atoms with Crippen LogP contribution in [-0.4, -0.2) is 33.8 Å². The molecule has 0 aliphatic heterocycles. The highest BCUT2D eigenvalue weighted by Crippen LogP contribution is 2.29. The number of carbonyl (C=O) groups excluding carboxylic acids is 1. The molecule has 2 heterocycles. The first-order valence-corrected chi connectivity index (χ1v) is 11.6. The first kappa shape index (κ1) is 25.3. The average Bonchev–Trinajstić information content (AvgIpc) is 3.54. The number of para-hydroxylation sites is 2. The van der Waals surface area contributed by atoms with Crippen molar-refractivity contribution in [3.05, 3.63) is 94.2 Å². The number of benzene rings is 2. The van der Waals surface area contributed by atoms with E-state index in [1.165, 1.54) is 24.4 Å². The Morgan fingerprint density at radius 1 is 1.03 bits per heavy atom. The standard InChI is InChI=1S/C26H26N4O7/c1-3-34-23-11-9-18(13-25(23)35-4-2)15-29-16-19(14-27-29)28-26(31)24-12-10-20(37-24)17-36-22-8-6-5-7-21(22)30(32)33/h5-14,16H,3-4,15,17H2,1-2H3,(H,28,31). The molecule has 0 spiro atoms. The van der Waals surface area contributed by atoms with Gasteiger partial charge in [0.1, 0.15) is 12.4 Å². The van der Waals surface area contributed by atoms with Crippen LogP contribution in [0.2, 0.25) is 0 Å². The second-order valence-electron chi connectivity index (χ2n) is 7.81. The van der Waals surface area contributed by atoms with Gasteiger partial charge in [0.2, 0.25) is 0 Å². The molecule has 1 N–H and O–H groups in total. The van der Waals surface area contributed by atoms with Gasteiger partial charge in [-0.1, -0.05) is 18.2 Å². The lowest BCUT2D eigenvalue weighted by molar-refractivity contribution is -0.386. The number of nitro groups is 1. The number of aromatic nitrogens is 2. The number of hydrogen-bond donors (Lipinski definition) is 1. The van der Waals surface area contributed by atoms with Crippen LogP contribution in [0.15, 0.2) is 71.4 Å². The van der Waals surface area contributed by atoms with Gasteiger partial charge in [-0.15, -0.1) is 0 Å². The van der Waals surface area contributed by atoms with Gasteiger partial charge in [-0.3, -0.25) is 19.6 Å². The smallest absolute Gasteiger partial charge is 0.310 e. The van der Waals surface area contributed by atoms with E-state index in [0.717, 1.165) is 5.56 Å². The van der Waals surface area contributed by atoms with Crippen molar-refractivity contribution in [2.45, 2.75) is 27.0 Å². The third-order valence-corrected chi connectivity index (χ3v) is 5.16. The molecule has 0 aliphatic rings. The lowest BCUT2D eigenvalue weighted by Gasteiger charge is -2.12. The molecular weight excluding hydrogens is 480 g/mol. The van der Waals surface area contributed by atoms with Gasteiger partial charge in [0.05, 0.1) is 36.6 Å². The third kappa shape index (κ3) is 6.45. The normalized spacial score (nSPS) is 10.6. The van der Waals surface area contributed by atoms with Gasteiger partial charge in [0.25, 0.3) is 5.91 Å². The van der Waals surface area contributed by atoms with Crippen LogP contribution in [0.25, 0.3) is 0 Å². The number of rotatable bonds is 12. The molecule has 0 fully saturated rings. The summed E-state index contributed by atoms with van der Waals surface area (Å²) >= 11 is 0. The van der Waals surface area contributed by atoms with Crippen molar-refractivity contribution in [2.24, 2.45) is 0 Å². The highest BCUT2D eigenvalue weighted by atomic mass is 16.6. The van der Waals surface area contributed by atoms with Crippen LogP contribution in [0.1, 0.15) is 35.7 Å². The quantitative estimate of drug-likeness (QED) is 0.208. The minimum atomic E-state index is -0.524. The zero-order valence-electron chi connectivity index (χ0n) is 20.4. The minimum absolute atomic E-state index is 0.0676. The third-order valence-electron chi connectivity index (χ3n) is 5.16. The zero-order valence-corrected chi connectivity index (χ0v) is 20.4. The number of anilines is 1. The van der Waals surface area contributed by atoms with Crippen LogP contribution in [0.5, 0.6) is 17.2 Å². The number of hydrogen-bond acceptors (Lipinski definition) is 8. The molecule has 0 radical (unpaired) electrons. The molecule has 0 bridgehead atoms. The molecule has 4 aromatic rings. The van der Waals surface area contributed by atoms with E-state index in [4.69, 9.17) is 18.6 Å². The molecule has 0 saturated heterocycles. The SMILES string of the molecule is CCOc1ccc(Cn2cc(NC(=O)c3ccc(COc4ccccc4[N+](=O)[O-])o3)cn2)cc1OCC. The topological polar surface area (TPSA) is 131 Å². The number of ether oxygens (including phenoxy) is 3. The van der Waals surface area contributed by atoms with Crippen molar-refractivity contribution < 1.29 is 28.3 Å². The lowest BCUT2D eigenvalue weighted by Crippen LogP contribution is -2.10. The van der Waals surface area contributed by atoms with E-state index in [9.17, 15) is 14.9 Å². The second kappa shape index (κ2) is 11.8. The molecule has 4 rings (SSSR count). The van der Waals surface area contributed by atoms with Gasteiger partial charge in [0.15, 0.2) is 23.0 Å². The Kier molecular flexibility index (Phi) is 8.04. The van der Waals surface area contributed by atoms with Crippen molar-refractivity contribution in [1.29, 1.82) is 0 Å². The largest absolute Gasteiger partial charge is 0.490 e. The average molecular weight is 507 g/mol. The number of nitrogens with zero attached hydrogens (tertiary/aromatic N) is 3. The number of carbonyl (C=O) groups is 1. The van der Waals surface area contributed by atoms with Gasteiger partial charge in [-0.25, -0.2) is 0 Å². The highest BCUT2D eigenvalue weighted by molar-refractivity contribution is 6.02. The summed E-state index contributed by atoms with van der Waals surface area (Å²) in [6, 6.07) is 14.8. The first-order chi connectivity index (χ1) is 18.0. The Morgan fingerprint density at radius 3 is 2.59 bits per heavy atom. The van der Waals surface area contributed by atoms with Gasteiger partial charge in [0, 0.05) is 12.3 Å². The summed E-state index contributed by atoms with van der Waals surface area (Å²) in [6.45, 7) is 5.29. The van der Waals surface area contributed by atoms with Crippen LogP contribution in [0.3, 0.4) is 0 Å². The Balaban J connectivity index is 1.35. The van der Waals surface area contributed by atoms with Crippen LogP contribution in [0, 0.1) is 10.1 Å². The lowest BCUT2D eigenvalue weighted by atomic mass is 10.2. The van der Waals surface area contributed by atoms with Crippen molar-refractivity contribution in [3.63, 3.8) is 0 Å². The predicted octanol–water partition coefficient (Wildman–Crippen LogP) is 5.06. The zero-order chi connectivity index (χ0) is 26.2. The summed E-state index contributed by atoms with van der Waals surface area (Å²) in [5.41, 5.74) is 1.31. The fraction of sp³-hybridized carbons (Fsp3) is 0.231. The van der Waals surface area contributed by atoms with E-state index in [1.54, 1.807) is 29.1 Å². The van der Waals surface area contributed by atoms with Crippen LogP contribution < -0.4 is 19.5 Å². The molecule has 11 nitrogen and oxygen atoms in total. The molecule has 11 heteroatoms. The maximum Gasteiger partial charge on any atom is 0.310 e. The Hall–Kier alpha value is -4.80. The van der Waals surface area contributed by atoms with Crippen molar-refractivity contribution in [1.82, 2.24) is 9.78 Å². The number of nitrogens with one attached hydrogen (secondary N) is 1. The Labute approximate surface area is 212 Å². The molecule has 192 valence electrons. The molecule has 0 unspecified atom stereocenters. The maximum absolute atomic E-state index is 12.6. The molecule has 0 aliphatic carbocycles. The summed E-state index contributed by atoms with van der Waals surface area (Å²) < 4.78 is 24.0. The summed E-state index contributed by atoms with van der Waals surface area (Å²) in [6.07, 6.45) is 3.24.